The average molecular weight is 312 g/mol. The van der Waals surface area contributed by atoms with Crippen LogP contribution in [-0.4, -0.2) is 69.1 Å². The van der Waals surface area contributed by atoms with Crippen molar-refractivity contribution in [1.29, 1.82) is 0 Å². The number of amides is 1. The highest BCUT2D eigenvalue weighted by Crippen LogP contribution is 2.16. The summed E-state index contributed by atoms with van der Waals surface area (Å²) in [5, 5.41) is 12.9. The standard InChI is InChI=1S/C13H20N4O3S/c1-2-4-10-12(21-15-14-10)13(20)17-6-3-5-16(7-8-17)9-11(18)19/h2-9H2,1H3,(H,18,19). The maximum absolute atomic E-state index is 12.6. The van der Waals surface area contributed by atoms with E-state index in [1.54, 1.807) is 4.90 Å². The number of carbonyl (C=O) groups is 2. The van der Waals surface area contributed by atoms with Gasteiger partial charge in [0.1, 0.15) is 4.88 Å². The molecule has 0 aromatic carbocycles. The molecule has 1 N–H and O–H groups in total. The monoisotopic (exact) mass is 312 g/mol. The molecule has 2 rings (SSSR count). The molecular formula is C13H20N4O3S. The molecule has 1 aliphatic rings. The van der Waals surface area contributed by atoms with Crippen LogP contribution in [0.2, 0.25) is 0 Å². The Kier molecular flexibility index (Phi) is 5.63. The van der Waals surface area contributed by atoms with Gasteiger partial charge in [0, 0.05) is 26.2 Å². The number of aromatic nitrogens is 2. The van der Waals surface area contributed by atoms with Crippen LogP contribution in [0.25, 0.3) is 0 Å². The Hall–Kier alpha value is -1.54. The summed E-state index contributed by atoms with van der Waals surface area (Å²) in [5.41, 5.74) is 0.777. The molecule has 0 radical (unpaired) electrons. The smallest absolute Gasteiger partial charge is 0.317 e. The molecule has 1 saturated heterocycles. The van der Waals surface area contributed by atoms with Crippen molar-refractivity contribution in [3.05, 3.63) is 10.6 Å². The van der Waals surface area contributed by atoms with Crippen LogP contribution in [-0.2, 0) is 11.2 Å². The zero-order valence-corrected chi connectivity index (χ0v) is 12.9. The molecule has 0 aliphatic carbocycles. The third-order valence-electron chi connectivity index (χ3n) is 3.47. The Balaban J connectivity index is 1.99. The number of hydrogen-bond donors (Lipinski definition) is 1. The summed E-state index contributed by atoms with van der Waals surface area (Å²) in [6, 6.07) is 0. The normalized spacial score (nSPS) is 16.7. The number of aliphatic carboxylic acids is 1. The molecular weight excluding hydrogens is 292 g/mol. The Morgan fingerprint density at radius 3 is 2.81 bits per heavy atom. The lowest BCUT2D eigenvalue weighted by atomic mass is 10.2. The fourth-order valence-electron chi connectivity index (χ4n) is 2.44. The first-order valence-corrected chi connectivity index (χ1v) is 7.93. The van der Waals surface area contributed by atoms with Crippen LogP contribution in [0.3, 0.4) is 0 Å². The lowest BCUT2D eigenvalue weighted by Gasteiger charge is -2.20. The van der Waals surface area contributed by atoms with E-state index in [1.807, 2.05) is 11.8 Å². The van der Waals surface area contributed by atoms with E-state index in [0.29, 0.717) is 31.1 Å². The second kappa shape index (κ2) is 7.46. The quantitative estimate of drug-likeness (QED) is 0.862. The summed E-state index contributed by atoms with van der Waals surface area (Å²) in [4.78, 5) is 27.6. The van der Waals surface area contributed by atoms with Crippen molar-refractivity contribution in [2.24, 2.45) is 0 Å². The first-order chi connectivity index (χ1) is 10.1. The third-order valence-corrected chi connectivity index (χ3v) is 4.23. The van der Waals surface area contributed by atoms with Crippen molar-refractivity contribution in [2.75, 3.05) is 32.7 Å². The summed E-state index contributed by atoms with van der Waals surface area (Å²) in [6.07, 6.45) is 2.48. The van der Waals surface area contributed by atoms with Crippen molar-refractivity contribution < 1.29 is 14.7 Å². The van der Waals surface area contributed by atoms with Gasteiger partial charge in [0.2, 0.25) is 0 Å². The van der Waals surface area contributed by atoms with E-state index in [4.69, 9.17) is 5.11 Å². The van der Waals surface area contributed by atoms with Crippen molar-refractivity contribution in [1.82, 2.24) is 19.4 Å². The number of carbonyl (C=O) groups excluding carboxylic acids is 1. The Morgan fingerprint density at radius 1 is 1.29 bits per heavy atom. The predicted octanol–water partition coefficient (Wildman–Crippen LogP) is 0.723. The Morgan fingerprint density at radius 2 is 2.10 bits per heavy atom. The molecule has 1 aromatic heterocycles. The summed E-state index contributed by atoms with van der Waals surface area (Å²) in [7, 11) is 0. The van der Waals surface area contributed by atoms with E-state index < -0.39 is 5.97 Å². The Bertz CT molecular complexity index is 505. The minimum Gasteiger partial charge on any atom is -0.480 e. The molecule has 0 unspecified atom stereocenters. The highest BCUT2D eigenvalue weighted by molar-refractivity contribution is 7.08. The summed E-state index contributed by atoms with van der Waals surface area (Å²) < 4.78 is 3.89. The van der Waals surface area contributed by atoms with Crippen LogP contribution < -0.4 is 0 Å². The molecule has 1 aliphatic heterocycles. The van der Waals surface area contributed by atoms with Gasteiger partial charge in [0.15, 0.2) is 0 Å². The molecule has 0 atom stereocenters. The van der Waals surface area contributed by atoms with Gasteiger partial charge in [-0.15, -0.1) is 5.10 Å². The lowest BCUT2D eigenvalue weighted by Crippen LogP contribution is -2.36. The maximum Gasteiger partial charge on any atom is 0.317 e. The van der Waals surface area contributed by atoms with E-state index in [-0.39, 0.29) is 12.5 Å². The molecule has 1 amide bonds. The van der Waals surface area contributed by atoms with E-state index in [2.05, 4.69) is 9.59 Å². The highest BCUT2D eigenvalue weighted by atomic mass is 32.1. The van der Waals surface area contributed by atoms with Gasteiger partial charge in [-0.05, 0) is 24.4 Å². The summed E-state index contributed by atoms with van der Waals surface area (Å²) in [6.45, 7) is 4.58. The minimum atomic E-state index is -0.827. The molecule has 0 bridgehead atoms. The number of carboxylic acid groups (broad SMARTS) is 1. The average Bonchev–Trinajstić information content (AvgIpc) is 2.77. The van der Waals surface area contributed by atoms with Crippen LogP contribution in [0.15, 0.2) is 0 Å². The van der Waals surface area contributed by atoms with E-state index in [1.165, 1.54) is 0 Å². The van der Waals surface area contributed by atoms with Crippen LogP contribution in [0.4, 0.5) is 0 Å². The third kappa shape index (κ3) is 4.21. The van der Waals surface area contributed by atoms with Gasteiger partial charge >= 0.3 is 5.97 Å². The largest absolute Gasteiger partial charge is 0.480 e. The molecule has 116 valence electrons. The first kappa shape index (κ1) is 15.8. The zero-order chi connectivity index (χ0) is 15.2. The number of nitrogens with zero attached hydrogens (tertiary/aromatic N) is 4. The number of rotatable bonds is 5. The van der Waals surface area contributed by atoms with E-state index in [0.717, 1.165) is 36.5 Å². The molecule has 7 nitrogen and oxygen atoms in total. The second-order valence-electron chi connectivity index (χ2n) is 5.11. The van der Waals surface area contributed by atoms with Crippen LogP contribution in [0.1, 0.15) is 35.1 Å². The van der Waals surface area contributed by atoms with Crippen molar-refractivity contribution >= 4 is 23.4 Å². The highest BCUT2D eigenvalue weighted by Gasteiger charge is 2.24. The van der Waals surface area contributed by atoms with Crippen LogP contribution in [0, 0.1) is 0 Å². The fourth-order valence-corrected chi connectivity index (χ4v) is 3.11. The molecule has 2 heterocycles. The van der Waals surface area contributed by atoms with Gasteiger partial charge in [0.05, 0.1) is 12.2 Å². The van der Waals surface area contributed by atoms with Gasteiger partial charge in [0.25, 0.3) is 5.91 Å². The first-order valence-electron chi connectivity index (χ1n) is 7.16. The van der Waals surface area contributed by atoms with Gasteiger partial charge in [-0.3, -0.25) is 14.5 Å². The van der Waals surface area contributed by atoms with Gasteiger partial charge in [-0.2, -0.15) is 0 Å². The number of aryl methyl sites for hydroxylation is 1. The lowest BCUT2D eigenvalue weighted by molar-refractivity contribution is -0.138. The van der Waals surface area contributed by atoms with Gasteiger partial charge in [-0.25, -0.2) is 0 Å². The predicted molar refractivity (Wildman–Crippen MR) is 78.5 cm³/mol. The van der Waals surface area contributed by atoms with Crippen LogP contribution >= 0.6 is 11.5 Å². The van der Waals surface area contributed by atoms with Crippen molar-refractivity contribution in [2.45, 2.75) is 26.2 Å². The molecule has 21 heavy (non-hydrogen) atoms. The second-order valence-corrected chi connectivity index (χ2v) is 5.87. The van der Waals surface area contributed by atoms with Crippen molar-refractivity contribution in [3.63, 3.8) is 0 Å². The van der Waals surface area contributed by atoms with E-state index >= 15 is 0 Å². The van der Waals surface area contributed by atoms with Gasteiger partial charge < -0.3 is 10.0 Å². The molecule has 1 aromatic rings. The molecule has 1 fully saturated rings. The molecule has 8 heteroatoms. The SMILES string of the molecule is CCCc1nnsc1C(=O)N1CCCN(CC(=O)O)CC1. The summed E-state index contributed by atoms with van der Waals surface area (Å²) >= 11 is 1.15. The molecule has 0 spiro atoms. The maximum atomic E-state index is 12.6. The fraction of sp³-hybridized carbons (Fsp3) is 0.692. The summed E-state index contributed by atoms with van der Waals surface area (Å²) in [5.74, 6) is -0.850. The Labute approximate surface area is 127 Å². The van der Waals surface area contributed by atoms with Crippen LogP contribution in [0.5, 0.6) is 0 Å². The zero-order valence-electron chi connectivity index (χ0n) is 12.1. The number of carboxylic acids is 1. The van der Waals surface area contributed by atoms with E-state index in [9.17, 15) is 9.59 Å². The van der Waals surface area contributed by atoms with Gasteiger partial charge in [-0.1, -0.05) is 17.8 Å². The van der Waals surface area contributed by atoms with Crippen molar-refractivity contribution in [3.8, 4) is 0 Å². The number of hydrogen-bond acceptors (Lipinski definition) is 6. The minimum absolute atomic E-state index is 0.0226. The molecule has 0 saturated carbocycles. The topological polar surface area (TPSA) is 86.6 Å².